The summed E-state index contributed by atoms with van der Waals surface area (Å²) in [5.41, 5.74) is 1.01. The van der Waals surface area contributed by atoms with E-state index in [-0.39, 0.29) is 29.6 Å². The van der Waals surface area contributed by atoms with E-state index in [2.05, 4.69) is 12.6 Å². The maximum atomic E-state index is 4.83. The first-order valence-corrected chi connectivity index (χ1v) is 3.44. The Bertz CT molecular complexity index is 208. The summed E-state index contributed by atoms with van der Waals surface area (Å²) in [6.07, 6.45) is 0. The summed E-state index contributed by atoms with van der Waals surface area (Å²) in [6, 6.07) is 9.72. The largest absolute Gasteiger partial charge is 0.131 e. The number of benzene rings is 1. The van der Waals surface area contributed by atoms with Crippen LogP contribution in [0.4, 0.5) is 0 Å². The molecule has 0 saturated carbocycles. The van der Waals surface area contributed by atoms with Crippen molar-refractivity contribution in [3.8, 4) is 0 Å². The third-order valence-corrected chi connectivity index (χ3v) is 1.51. The van der Waals surface area contributed by atoms with Crippen molar-refractivity contribution in [2.75, 3.05) is 0 Å². The van der Waals surface area contributed by atoms with Gasteiger partial charge in [0.1, 0.15) is 0 Å². The van der Waals surface area contributed by atoms with Gasteiger partial charge in [0.2, 0.25) is 0 Å². The summed E-state index contributed by atoms with van der Waals surface area (Å²) in [5, 5.41) is 0. The summed E-state index contributed by atoms with van der Waals surface area (Å²) in [7, 11) is 0. The molecule has 0 heterocycles. The van der Waals surface area contributed by atoms with Crippen LogP contribution in [0.15, 0.2) is 30.3 Å². The minimum atomic E-state index is 0. The molecule has 1 aromatic carbocycles. The van der Waals surface area contributed by atoms with Crippen LogP contribution in [0.3, 0.4) is 0 Å². The molecule has 0 aliphatic heterocycles. The van der Waals surface area contributed by atoms with Crippen molar-refractivity contribution >= 4 is 58.6 Å². The molecular formula is C7H6NaS2. The van der Waals surface area contributed by atoms with Crippen LogP contribution >= 0.6 is 24.8 Å². The summed E-state index contributed by atoms with van der Waals surface area (Å²) in [4.78, 5) is 0. The Morgan fingerprint density at radius 1 is 1.20 bits per heavy atom. The second kappa shape index (κ2) is 5.33. The van der Waals surface area contributed by atoms with Crippen LogP contribution in [0.25, 0.3) is 0 Å². The van der Waals surface area contributed by atoms with Gasteiger partial charge in [-0.1, -0.05) is 42.5 Å². The molecular weight excluding hydrogens is 171 g/mol. The first-order chi connectivity index (χ1) is 4.30. The minimum Gasteiger partial charge on any atom is -0.131 e. The number of hydrogen-bond acceptors (Lipinski definition) is 1. The van der Waals surface area contributed by atoms with Crippen molar-refractivity contribution in [3.63, 3.8) is 0 Å². The van der Waals surface area contributed by atoms with E-state index in [1.807, 2.05) is 30.3 Å². The normalized spacial score (nSPS) is 8.10. The Hall–Kier alpha value is 0.660. The zero-order valence-electron chi connectivity index (χ0n) is 5.74. The van der Waals surface area contributed by atoms with E-state index < -0.39 is 0 Å². The van der Waals surface area contributed by atoms with E-state index in [1.54, 1.807) is 0 Å². The fourth-order valence-corrected chi connectivity index (χ4v) is 0.866. The fraction of sp³-hybridized carbons (Fsp3) is 0. The van der Waals surface area contributed by atoms with E-state index in [0.717, 1.165) is 5.56 Å². The zero-order valence-corrected chi connectivity index (χ0v) is 9.45. The Labute approximate surface area is 93.7 Å². The molecule has 1 rings (SSSR count). The molecule has 1 aromatic rings. The predicted molar refractivity (Wildman–Crippen MR) is 52.9 cm³/mol. The maximum absolute atomic E-state index is 4.83. The molecule has 0 unspecified atom stereocenters. The molecule has 47 valence electrons. The molecule has 0 spiro atoms. The van der Waals surface area contributed by atoms with Crippen LogP contribution in [0.2, 0.25) is 0 Å². The zero-order chi connectivity index (χ0) is 6.69. The Morgan fingerprint density at radius 2 is 1.70 bits per heavy atom. The van der Waals surface area contributed by atoms with E-state index in [9.17, 15) is 0 Å². The van der Waals surface area contributed by atoms with Gasteiger partial charge in [-0.3, -0.25) is 0 Å². The van der Waals surface area contributed by atoms with Crippen LogP contribution in [0, 0.1) is 0 Å². The number of thiocarbonyl (C=S) groups is 1. The van der Waals surface area contributed by atoms with Crippen LogP contribution in [0.1, 0.15) is 5.56 Å². The van der Waals surface area contributed by atoms with Gasteiger partial charge in [-0.15, -0.1) is 12.6 Å². The van der Waals surface area contributed by atoms with Crippen molar-refractivity contribution in [3.05, 3.63) is 35.9 Å². The van der Waals surface area contributed by atoms with E-state index in [1.165, 1.54) is 0 Å². The molecule has 3 heteroatoms. The molecule has 0 nitrogen and oxygen atoms in total. The first kappa shape index (κ1) is 10.7. The van der Waals surface area contributed by atoms with Gasteiger partial charge in [0.25, 0.3) is 0 Å². The molecule has 0 fully saturated rings. The average Bonchev–Trinajstić information content (AvgIpc) is 1.90. The van der Waals surface area contributed by atoms with Gasteiger partial charge in [0.15, 0.2) is 0 Å². The molecule has 1 radical (unpaired) electrons. The van der Waals surface area contributed by atoms with Gasteiger partial charge in [0, 0.05) is 29.6 Å². The standard InChI is InChI=1S/C7H6S2.Na/c8-7(9)6-4-2-1-3-5-6;/h1-5H,(H,8,9);. The van der Waals surface area contributed by atoms with Gasteiger partial charge in [0.05, 0.1) is 4.20 Å². The summed E-state index contributed by atoms with van der Waals surface area (Å²) in [6.45, 7) is 0. The van der Waals surface area contributed by atoms with E-state index in [0.29, 0.717) is 4.20 Å². The van der Waals surface area contributed by atoms with Crippen molar-refractivity contribution in [2.24, 2.45) is 0 Å². The first-order valence-electron chi connectivity index (χ1n) is 2.59. The smallest absolute Gasteiger partial charge is 0.0747 e. The topological polar surface area (TPSA) is 0 Å². The molecule has 10 heavy (non-hydrogen) atoms. The third kappa shape index (κ3) is 3.17. The SMILES string of the molecule is S=C(S)c1ccccc1.[Na]. The predicted octanol–water partition coefficient (Wildman–Crippen LogP) is 1.91. The fourth-order valence-electron chi connectivity index (χ4n) is 0.581. The van der Waals surface area contributed by atoms with Gasteiger partial charge in [-0.2, -0.15) is 0 Å². The molecule has 0 N–H and O–H groups in total. The van der Waals surface area contributed by atoms with Crippen LogP contribution in [-0.4, -0.2) is 33.8 Å². The quantitative estimate of drug-likeness (QED) is 0.388. The van der Waals surface area contributed by atoms with Crippen LogP contribution in [-0.2, 0) is 0 Å². The Kier molecular flexibility index (Phi) is 5.68. The third-order valence-electron chi connectivity index (χ3n) is 1.02. The van der Waals surface area contributed by atoms with Gasteiger partial charge >= 0.3 is 0 Å². The Morgan fingerprint density at radius 3 is 2.00 bits per heavy atom. The molecule has 0 aromatic heterocycles. The second-order valence-electron chi connectivity index (χ2n) is 1.67. The number of thiol groups is 1. The van der Waals surface area contributed by atoms with Crippen molar-refractivity contribution in [2.45, 2.75) is 0 Å². The van der Waals surface area contributed by atoms with Gasteiger partial charge < -0.3 is 0 Å². The maximum Gasteiger partial charge on any atom is 0.0747 e. The number of hydrogen-bond donors (Lipinski definition) is 1. The van der Waals surface area contributed by atoms with E-state index >= 15 is 0 Å². The van der Waals surface area contributed by atoms with Crippen LogP contribution in [0.5, 0.6) is 0 Å². The van der Waals surface area contributed by atoms with Crippen molar-refractivity contribution in [1.29, 1.82) is 0 Å². The Balaban J connectivity index is 0.000000810. The summed E-state index contributed by atoms with van der Waals surface area (Å²) in [5.74, 6) is 0. The molecule has 0 saturated heterocycles. The van der Waals surface area contributed by atoms with Crippen molar-refractivity contribution in [1.82, 2.24) is 0 Å². The number of rotatable bonds is 1. The van der Waals surface area contributed by atoms with E-state index in [4.69, 9.17) is 12.2 Å². The second-order valence-corrected chi connectivity index (χ2v) is 2.83. The molecule has 0 amide bonds. The van der Waals surface area contributed by atoms with Gasteiger partial charge in [-0.25, -0.2) is 0 Å². The summed E-state index contributed by atoms with van der Waals surface area (Å²) < 4.78 is 0.649. The van der Waals surface area contributed by atoms with Crippen LogP contribution < -0.4 is 0 Å². The molecule has 0 bridgehead atoms. The monoisotopic (exact) mass is 177 g/mol. The minimum absolute atomic E-state index is 0. The average molecular weight is 177 g/mol. The van der Waals surface area contributed by atoms with Gasteiger partial charge in [-0.05, 0) is 5.56 Å². The molecule has 0 aliphatic carbocycles. The molecule has 0 atom stereocenters. The van der Waals surface area contributed by atoms with Crippen molar-refractivity contribution < 1.29 is 0 Å². The summed E-state index contributed by atoms with van der Waals surface area (Å²) >= 11 is 8.85. The molecule has 0 aliphatic rings.